The first-order valence-electron chi connectivity index (χ1n) is 8.15. The molecule has 0 unspecified atom stereocenters. The molecule has 0 saturated carbocycles. The first-order chi connectivity index (χ1) is 12.9. The number of carboxylic acids is 1. The Morgan fingerprint density at radius 2 is 2.07 bits per heavy atom. The van der Waals surface area contributed by atoms with E-state index in [1.807, 2.05) is 19.9 Å². The number of H-pyrrole nitrogens is 1. The topological polar surface area (TPSA) is 117 Å². The molecule has 9 heteroatoms. The third-order valence-electron chi connectivity index (χ3n) is 4.04. The second-order valence-electron chi connectivity index (χ2n) is 6.06. The SMILES string of the molecule is Cc1ccc(C)c(CSc2cc(=O)c(C(=O)NCC(=O)O)c3nc[nH]n23)c1. The molecule has 0 spiro atoms. The van der Waals surface area contributed by atoms with E-state index in [0.29, 0.717) is 10.8 Å². The van der Waals surface area contributed by atoms with Gasteiger partial charge >= 0.3 is 5.97 Å². The van der Waals surface area contributed by atoms with Crippen LogP contribution in [-0.2, 0) is 10.5 Å². The van der Waals surface area contributed by atoms with Crippen molar-refractivity contribution in [2.45, 2.75) is 24.6 Å². The number of thioether (sulfide) groups is 1. The van der Waals surface area contributed by atoms with Gasteiger partial charge in [-0.25, -0.2) is 9.50 Å². The van der Waals surface area contributed by atoms with Crippen LogP contribution >= 0.6 is 11.8 Å². The number of carbonyl (C=O) groups excluding carboxylic acids is 1. The summed E-state index contributed by atoms with van der Waals surface area (Å²) in [6.07, 6.45) is 1.38. The second kappa shape index (κ2) is 7.67. The number of carbonyl (C=O) groups is 2. The van der Waals surface area contributed by atoms with Crippen molar-refractivity contribution >= 4 is 29.3 Å². The van der Waals surface area contributed by atoms with E-state index in [1.54, 1.807) is 4.52 Å². The second-order valence-corrected chi connectivity index (χ2v) is 7.06. The summed E-state index contributed by atoms with van der Waals surface area (Å²) in [4.78, 5) is 39.4. The highest BCUT2D eigenvalue weighted by atomic mass is 32.2. The minimum atomic E-state index is -1.19. The van der Waals surface area contributed by atoms with Gasteiger partial charge in [0, 0.05) is 11.8 Å². The molecule has 2 aromatic heterocycles. The van der Waals surface area contributed by atoms with Gasteiger partial charge in [0.1, 0.15) is 23.5 Å². The summed E-state index contributed by atoms with van der Waals surface area (Å²) in [6.45, 7) is 3.48. The van der Waals surface area contributed by atoms with Crippen LogP contribution in [0.2, 0.25) is 0 Å². The van der Waals surface area contributed by atoms with E-state index in [1.165, 1.54) is 24.2 Å². The molecule has 0 atom stereocenters. The van der Waals surface area contributed by atoms with Crippen molar-refractivity contribution in [2.24, 2.45) is 0 Å². The van der Waals surface area contributed by atoms with Gasteiger partial charge in [-0.3, -0.25) is 19.5 Å². The van der Waals surface area contributed by atoms with E-state index in [0.717, 1.165) is 16.7 Å². The van der Waals surface area contributed by atoms with Crippen LogP contribution in [0.5, 0.6) is 0 Å². The maximum absolute atomic E-state index is 12.5. The van der Waals surface area contributed by atoms with Gasteiger partial charge in [0.2, 0.25) is 0 Å². The third-order valence-corrected chi connectivity index (χ3v) is 5.09. The highest BCUT2D eigenvalue weighted by Crippen LogP contribution is 2.25. The number of hydrogen-bond acceptors (Lipinski definition) is 5. The van der Waals surface area contributed by atoms with Crippen molar-refractivity contribution in [3.05, 3.63) is 63.1 Å². The Bertz CT molecular complexity index is 1090. The molecule has 27 heavy (non-hydrogen) atoms. The minimum absolute atomic E-state index is 0.161. The van der Waals surface area contributed by atoms with Gasteiger partial charge in [0.25, 0.3) is 5.91 Å². The van der Waals surface area contributed by atoms with Gasteiger partial charge in [-0.2, -0.15) is 0 Å². The lowest BCUT2D eigenvalue weighted by Crippen LogP contribution is -2.33. The third kappa shape index (κ3) is 4.03. The van der Waals surface area contributed by atoms with Gasteiger partial charge in [-0.1, -0.05) is 23.8 Å². The molecule has 3 N–H and O–H groups in total. The number of aromatic amines is 1. The zero-order valence-corrected chi connectivity index (χ0v) is 15.6. The van der Waals surface area contributed by atoms with Crippen LogP contribution in [0, 0.1) is 13.8 Å². The Labute approximate surface area is 158 Å². The predicted octanol–water partition coefficient (Wildman–Crippen LogP) is 1.75. The van der Waals surface area contributed by atoms with Crippen LogP contribution in [0.3, 0.4) is 0 Å². The van der Waals surface area contributed by atoms with E-state index in [-0.39, 0.29) is 11.2 Å². The maximum atomic E-state index is 12.5. The quantitative estimate of drug-likeness (QED) is 0.556. The lowest BCUT2D eigenvalue weighted by Gasteiger charge is -2.10. The predicted molar refractivity (Wildman–Crippen MR) is 101 cm³/mol. The molecule has 0 bridgehead atoms. The molecule has 0 aliphatic rings. The summed E-state index contributed by atoms with van der Waals surface area (Å²) in [7, 11) is 0. The summed E-state index contributed by atoms with van der Waals surface area (Å²) in [5.74, 6) is -1.31. The number of aliphatic carboxylic acids is 1. The molecule has 1 aromatic carbocycles. The Balaban J connectivity index is 1.92. The largest absolute Gasteiger partial charge is 0.480 e. The Morgan fingerprint density at radius 1 is 1.30 bits per heavy atom. The van der Waals surface area contributed by atoms with Crippen molar-refractivity contribution in [2.75, 3.05) is 6.54 Å². The van der Waals surface area contributed by atoms with E-state index < -0.39 is 23.9 Å². The summed E-state index contributed by atoms with van der Waals surface area (Å²) in [6, 6.07) is 7.56. The number of aryl methyl sites for hydroxylation is 2. The first-order valence-corrected chi connectivity index (χ1v) is 9.13. The first kappa shape index (κ1) is 18.7. The summed E-state index contributed by atoms with van der Waals surface area (Å²) in [5, 5.41) is 14.4. The number of benzene rings is 1. The zero-order chi connectivity index (χ0) is 19.6. The lowest BCUT2D eigenvalue weighted by atomic mass is 10.1. The fraction of sp³-hybridized carbons (Fsp3) is 0.222. The number of nitrogens with one attached hydrogen (secondary N) is 2. The number of amides is 1. The molecule has 3 rings (SSSR count). The average molecular weight is 386 g/mol. The number of carboxylic acid groups (broad SMARTS) is 1. The standard InChI is InChI=1S/C18H18N4O4S/c1-10-3-4-11(2)12(5-10)8-27-14-6-13(23)16(17-20-9-21-22(14)17)18(26)19-7-15(24)25/h3-6,9H,7-8H2,1-2H3,(H,19,26)(H,20,21)(H,24,25). The van der Waals surface area contributed by atoms with Crippen LogP contribution in [0.1, 0.15) is 27.0 Å². The molecule has 3 aromatic rings. The molecule has 8 nitrogen and oxygen atoms in total. The highest BCUT2D eigenvalue weighted by molar-refractivity contribution is 7.98. The van der Waals surface area contributed by atoms with Gasteiger partial charge in [0.15, 0.2) is 11.1 Å². The molecule has 0 radical (unpaired) electrons. The average Bonchev–Trinajstić information content (AvgIpc) is 3.09. The van der Waals surface area contributed by atoms with Crippen molar-refractivity contribution in [3.63, 3.8) is 0 Å². The van der Waals surface area contributed by atoms with E-state index >= 15 is 0 Å². The van der Waals surface area contributed by atoms with Gasteiger partial charge in [-0.15, -0.1) is 11.8 Å². The highest BCUT2D eigenvalue weighted by Gasteiger charge is 2.19. The number of hydrogen-bond donors (Lipinski definition) is 3. The van der Waals surface area contributed by atoms with Gasteiger partial charge < -0.3 is 10.4 Å². The van der Waals surface area contributed by atoms with E-state index in [4.69, 9.17) is 5.11 Å². The van der Waals surface area contributed by atoms with Crippen molar-refractivity contribution in [3.8, 4) is 0 Å². The van der Waals surface area contributed by atoms with Crippen molar-refractivity contribution in [1.82, 2.24) is 19.9 Å². The van der Waals surface area contributed by atoms with Crippen LogP contribution in [0.4, 0.5) is 0 Å². The molecule has 0 saturated heterocycles. The monoisotopic (exact) mass is 386 g/mol. The van der Waals surface area contributed by atoms with Crippen LogP contribution in [0.15, 0.2) is 40.4 Å². The van der Waals surface area contributed by atoms with Crippen molar-refractivity contribution < 1.29 is 14.7 Å². The number of fused-ring (bicyclic) bond motifs is 1. The molecule has 1 amide bonds. The molecule has 0 aliphatic heterocycles. The fourth-order valence-corrected chi connectivity index (χ4v) is 3.71. The number of aromatic nitrogens is 3. The fourth-order valence-electron chi connectivity index (χ4n) is 2.64. The molecule has 2 heterocycles. The molecule has 0 fully saturated rings. The Kier molecular flexibility index (Phi) is 5.31. The van der Waals surface area contributed by atoms with Crippen LogP contribution in [-0.4, -0.2) is 38.1 Å². The van der Waals surface area contributed by atoms with Gasteiger partial charge in [0.05, 0.1) is 0 Å². The minimum Gasteiger partial charge on any atom is -0.480 e. The molecule has 0 aliphatic carbocycles. The molecular formula is C18H18N4O4S. The lowest BCUT2D eigenvalue weighted by molar-refractivity contribution is -0.135. The Morgan fingerprint density at radius 3 is 2.81 bits per heavy atom. The number of nitrogens with zero attached hydrogens (tertiary/aromatic N) is 2. The molecule has 140 valence electrons. The van der Waals surface area contributed by atoms with Crippen LogP contribution < -0.4 is 10.7 Å². The molecular weight excluding hydrogens is 368 g/mol. The van der Waals surface area contributed by atoms with Crippen molar-refractivity contribution in [1.29, 1.82) is 0 Å². The summed E-state index contributed by atoms with van der Waals surface area (Å²) in [5.41, 5.74) is 2.94. The van der Waals surface area contributed by atoms with Gasteiger partial charge in [-0.05, 0) is 25.0 Å². The van der Waals surface area contributed by atoms with E-state index in [9.17, 15) is 14.4 Å². The number of pyridine rings is 1. The van der Waals surface area contributed by atoms with E-state index in [2.05, 4.69) is 27.5 Å². The summed E-state index contributed by atoms with van der Waals surface area (Å²) < 4.78 is 1.55. The zero-order valence-electron chi connectivity index (χ0n) is 14.8. The Hall–Kier alpha value is -3.07. The van der Waals surface area contributed by atoms with Crippen LogP contribution in [0.25, 0.3) is 5.65 Å². The summed E-state index contributed by atoms with van der Waals surface area (Å²) >= 11 is 1.45. The number of rotatable bonds is 6. The normalized spacial score (nSPS) is 10.9. The maximum Gasteiger partial charge on any atom is 0.322 e. The smallest absolute Gasteiger partial charge is 0.322 e.